The van der Waals surface area contributed by atoms with E-state index < -0.39 is 0 Å². The zero-order valence-corrected chi connectivity index (χ0v) is 11.4. The lowest BCUT2D eigenvalue weighted by Gasteiger charge is -2.27. The van der Waals surface area contributed by atoms with Crippen molar-refractivity contribution >= 4 is 0 Å². The molecule has 3 heteroatoms. The highest BCUT2D eigenvalue weighted by molar-refractivity contribution is 5.26. The molecule has 0 saturated carbocycles. The number of hydrogen-bond acceptors (Lipinski definition) is 3. The SMILES string of the molecule is CCC1OCCC1C(Cc1ccccc1C)NN. The lowest BCUT2D eigenvalue weighted by molar-refractivity contribution is 0.0774. The summed E-state index contributed by atoms with van der Waals surface area (Å²) in [5.41, 5.74) is 5.72. The highest BCUT2D eigenvalue weighted by atomic mass is 16.5. The lowest BCUT2D eigenvalue weighted by Crippen LogP contribution is -2.45. The second-order valence-corrected chi connectivity index (χ2v) is 5.17. The molecule has 0 aromatic heterocycles. The number of nitrogens with two attached hydrogens (primary N) is 1. The van der Waals surface area contributed by atoms with Gasteiger partial charge in [0.05, 0.1) is 6.10 Å². The number of hydrogen-bond donors (Lipinski definition) is 2. The molecule has 1 aromatic carbocycles. The van der Waals surface area contributed by atoms with E-state index >= 15 is 0 Å². The van der Waals surface area contributed by atoms with Gasteiger partial charge in [-0.25, -0.2) is 0 Å². The molecule has 3 nitrogen and oxygen atoms in total. The maximum absolute atomic E-state index is 5.77. The highest BCUT2D eigenvalue weighted by Gasteiger charge is 2.33. The van der Waals surface area contributed by atoms with Crippen molar-refractivity contribution in [3.63, 3.8) is 0 Å². The fourth-order valence-electron chi connectivity index (χ4n) is 2.96. The van der Waals surface area contributed by atoms with Gasteiger partial charge in [0, 0.05) is 18.6 Å². The van der Waals surface area contributed by atoms with E-state index in [0.717, 1.165) is 25.9 Å². The molecule has 1 aliphatic rings. The zero-order valence-electron chi connectivity index (χ0n) is 11.4. The summed E-state index contributed by atoms with van der Waals surface area (Å²) < 4.78 is 5.77. The summed E-state index contributed by atoms with van der Waals surface area (Å²) >= 11 is 0. The van der Waals surface area contributed by atoms with Crippen LogP contribution >= 0.6 is 0 Å². The molecule has 18 heavy (non-hydrogen) atoms. The number of hydrazine groups is 1. The highest BCUT2D eigenvalue weighted by Crippen LogP contribution is 2.28. The molecule has 3 atom stereocenters. The third-order valence-corrected chi connectivity index (χ3v) is 4.10. The summed E-state index contributed by atoms with van der Waals surface area (Å²) in [5, 5.41) is 0. The van der Waals surface area contributed by atoms with E-state index in [-0.39, 0.29) is 0 Å². The predicted molar refractivity (Wildman–Crippen MR) is 74.1 cm³/mol. The lowest BCUT2D eigenvalue weighted by atomic mass is 9.87. The maximum Gasteiger partial charge on any atom is 0.0617 e. The minimum Gasteiger partial charge on any atom is -0.378 e. The van der Waals surface area contributed by atoms with E-state index in [1.165, 1.54) is 11.1 Å². The molecule has 3 unspecified atom stereocenters. The van der Waals surface area contributed by atoms with Gasteiger partial charge in [-0.3, -0.25) is 11.3 Å². The number of aryl methyl sites for hydroxylation is 1. The smallest absolute Gasteiger partial charge is 0.0617 e. The predicted octanol–water partition coefficient (Wildman–Crippen LogP) is 2.18. The largest absolute Gasteiger partial charge is 0.378 e. The first-order chi connectivity index (χ1) is 8.76. The maximum atomic E-state index is 5.77. The molecule has 0 bridgehead atoms. The molecule has 100 valence electrons. The van der Waals surface area contributed by atoms with E-state index in [4.69, 9.17) is 10.6 Å². The minimum atomic E-state index is 0.304. The molecule has 1 saturated heterocycles. The Morgan fingerprint density at radius 3 is 2.89 bits per heavy atom. The van der Waals surface area contributed by atoms with E-state index in [2.05, 4.69) is 43.5 Å². The van der Waals surface area contributed by atoms with Crippen molar-refractivity contribution < 1.29 is 4.74 Å². The first-order valence-corrected chi connectivity index (χ1v) is 6.88. The molecule has 0 radical (unpaired) electrons. The summed E-state index contributed by atoms with van der Waals surface area (Å²) in [6, 6.07) is 8.83. The van der Waals surface area contributed by atoms with Gasteiger partial charge in [0.15, 0.2) is 0 Å². The van der Waals surface area contributed by atoms with Gasteiger partial charge in [-0.1, -0.05) is 31.2 Å². The van der Waals surface area contributed by atoms with Gasteiger partial charge in [-0.05, 0) is 37.3 Å². The summed E-state index contributed by atoms with van der Waals surface area (Å²) in [4.78, 5) is 0. The first-order valence-electron chi connectivity index (χ1n) is 6.88. The summed E-state index contributed by atoms with van der Waals surface area (Å²) in [6.45, 7) is 5.21. The van der Waals surface area contributed by atoms with Gasteiger partial charge in [0.2, 0.25) is 0 Å². The minimum absolute atomic E-state index is 0.304. The van der Waals surface area contributed by atoms with Crippen LogP contribution in [-0.4, -0.2) is 18.8 Å². The molecule has 0 spiro atoms. The second kappa shape index (κ2) is 6.32. The molecular formula is C15H24N2O. The Labute approximate surface area is 110 Å². The van der Waals surface area contributed by atoms with Crippen LogP contribution in [0.2, 0.25) is 0 Å². The molecule has 2 rings (SSSR count). The standard InChI is InChI=1S/C15H24N2O/c1-3-15-13(8-9-18-15)14(17-16)10-12-7-5-4-6-11(12)2/h4-7,13-15,17H,3,8-10,16H2,1-2H3. The van der Waals surface area contributed by atoms with Gasteiger partial charge in [0.1, 0.15) is 0 Å². The van der Waals surface area contributed by atoms with Crippen molar-refractivity contribution in [2.45, 2.75) is 45.3 Å². The van der Waals surface area contributed by atoms with Crippen molar-refractivity contribution in [3.8, 4) is 0 Å². The van der Waals surface area contributed by atoms with E-state index in [9.17, 15) is 0 Å². The fourth-order valence-corrected chi connectivity index (χ4v) is 2.96. The van der Waals surface area contributed by atoms with Gasteiger partial charge in [0.25, 0.3) is 0 Å². The number of rotatable bonds is 5. The van der Waals surface area contributed by atoms with E-state index in [0.29, 0.717) is 18.1 Å². The normalized spacial score (nSPS) is 25.3. The quantitative estimate of drug-likeness (QED) is 0.620. The fraction of sp³-hybridized carbons (Fsp3) is 0.600. The molecule has 1 aromatic rings. The van der Waals surface area contributed by atoms with Crippen LogP contribution in [-0.2, 0) is 11.2 Å². The van der Waals surface area contributed by atoms with Crippen molar-refractivity contribution in [2.75, 3.05) is 6.61 Å². The Morgan fingerprint density at radius 1 is 1.44 bits per heavy atom. The third-order valence-electron chi connectivity index (χ3n) is 4.10. The average molecular weight is 248 g/mol. The van der Waals surface area contributed by atoms with Crippen molar-refractivity contribution in [3.05, 3.63) is 35.4 Å². The third kappa shape index (κ3) is 2.91. The van der Waals surface area contributed by atoms with E-state index in [1.807, 2.05) is 0 Å². The number of ether oxygens (including phenoxy) is 1. The summed E-state index contributed by atoms with van der Waals surface area (Å²) in [7, 11) is 0. The van der Waals surface area contributed by atoms with E-state index in [1.54, 1.807) is 0 Å². The van der Waals surface area contributed by atoms with Crippen LogP contribution < -0.4 is 11.3 Å². The molecule has 1 aliphatic heterocycles. The average Bonchev–Trinajstić information content (AvgIpc) is 2.86. The van der Waals surface area contributed by atoms with Crippen LogP contribution in [0.4, 0.5) is 0 Å². The number of nitrogens with one attached hydrogen (secondary N) is 1. The molecular weight excluding hydrogens is 224 g/mol. The van der Waals surface area contributed by atoms with Crippen molar-refractivity contribution in [1.82, 2.24) is 5.43 Å². The van der Waals surface area contributed by atoms with Crippen LogP contribution in [0, 0.1) is 12.8 Å². The summed E-state index contributed by atoms with van der Waals surface area (Å²) in [6.07, 6.45) is 3.51. The van der Waals surface area contributed by atoms with Gasteiger partial charge in [-0.15, -0.1) is 0 Å². The Morgan fingerprint density at radius 2 is 2.22 bits per heavy atom. The van der Waals surface area contributed by atoms with Gasteiger partial charge >= 0.3 is 0 Å². The van der Waals surface area contributed by atoms with Crippen LogP contribution in [0.15, 0.2) is 24.3 Å². The van der Waals surface area contributed by atoms with Crippen LogP contribution in [0.1, 0.15) is 30.9 Å². The van der Waals surface area contributed by atoms with Crippen molar-refractivity contribution in [1.29, 1.82) is 0 Å². The Balaban J connectivity index is 2.07. The first kappa shape index (κ1) is 13.5. The monoisotopic (exact) mass is 248 g/mol. The van der Waals surface area contributed by atoms with Gasteiger partial charge < -0.3 is 4.74 Å². The molecule has 1 heterocycles. The molecule has 0 amide bonds. The Kier molecular flexibility index (Phi) is 4.75. The molecule has 1 fully saturated rings. The van der Waals surface area contributed by atoms with Crippen LogP contribution in [0.5, 0.6) is 0 Å². The van der Waals surface area contributed by atoms with Crippen LogP contribution in [0.25, 0.3) is 0 Å². The number of benzene rings is 1. The topological polar surface area (TPSA) is 47.3 Å². The Hall–Kier alpha value is -0.900. The molecule has 3 N–H and O–H groups in total. The van der Waals surface area contributed by atoms with Crippen LogP contribution in [0.3, 0.4) is 0 Å². The zero-order chi connectivity index (χ0) is 13.0. The van der Waals surface area contributed by atoms with Gasteiger partial charge in [-0.2, -0.15) is 0 Å². The molecule has 0 aliphatic carbocycles. The van der Waals surface area contributed by atoms with Crippen molar-refractivity contribution in [2.24, 2.45) is 11.8 Å². The second-order valence-electron chi connectivity index (χ2n) is 5.17. The summed E-state index contributed by atoms with van der Waals surface area (Å²) in [5.74, 6) is 6.29. The Bertz CT molecular complexity index is 381.